The maximum absolute atomic E-state index is 12.8. The Morgan fingerprint density at radius 3 is 2.72 bits per heavy atom. The first-order valence-electron chi connectivity index (χ1n) is 5.48. The molecule has 0 saturated heterocycles. The topological polar surface area (TPSA) is 54.9 Å². The van der Waals surface area contributed by atoms with Crippen LogP contribution in [0.5, 0.6) is 0 Å². The van der Waals surface area contributed by atoms with Gasteiger partial charge in [-0.2, -0.15) is 4.39 Å². The number of carbonyl (C=O) groups is 1. The van der Waals surface area contributed by atoms with E-state index in [9.17, 15) is 9.18 Å². The van der Waals surface area contributed by atoms with Crippen LogP contribution in [-0.4, -0.2) is 15.9 Å². The quantitative estimate of drug-likeness (QED) is 0.840. The highest BCUT2D eigenvalue weighted by atomic mass is 19.1. The van der Waals surface area contributed by atoms with Crippen LogP contribution in [0.3, 0.4) is 0 Å². The van der Waals surface area contributed by atoms with Crippen molar-refractivity contribution in [1.82, 2.24) is 15.3 Å². The van der Waals surface area contributed by atoms with E-state index in [0.29, 0.717) is 6.54 Å². The van der Waals surface area contributed by atoms with Crippen molar-refractivity contribution in [2.75, 3.05) is 0 Å². The van der Waals surface area contributed by atoms with Gasteiger partial charge in [-0.25, -0.2) is 4.98 Å². The lowest BCUT2D eigenvalue weighted by atomic mass is 10.3. The summed E-state index contributed by atoms with van der Waals surface area (Å²) in [5, 5.41) is 2.64. The van der Waals surface area contributed by atoms with Crippen molar-refractivity contribution in [2.45, 2.75) is 13.5 Å². The van der Waals surface area contributed by atoms with Crippen LogP contribution in [0, 0.1) is 12.9 Å². The summed E-state index contributed by atoms with van der Waals surface area (Å²) in [7, 11) is 0. The van der Waals surface area contributed by atoms with E-state index in [-0.39, 0.29) is 5.69 Å². The van der Waals surface area contributed by atoms with Gasteiger partial charge in [0.1, 0.15) is 5.69 Å². The van der Waals surface area contributed by atoms with Crippen molar-refractivity contribution in [2.24, 2.45) is 0 Å². The molecule has 0 saturated carbocycles. The molecule has 1 amide bonds. The van der Waals surface area contributed by atoms with Crippen molar-refractivity contribution in [1.29, 1.82) is 0 Å². The van der Waals surface area contributed by atoms with Crippen molar-refractivity contribution in [3.63, 3.8) is 0 Å². The largest absolute Gasteiger partial charge is 0.345 e. The molecule has 2 aromatic heterocycles. The molecular formula is C13H12FN3O. The molecule has 0 aliphatic heterocycles. The minimum absolute atomic E-state index is 0.0580. The molecule has 2 aromatic rings. The minimum atomic E-state index is -0.670. The van der Waals surface area contributed by atoms with Gasteiger partial charge in [-0.3, -0.25) is 9.78 Å². The van der Waals surface area contributed by atoms with Gasteiger partial charge in [-0.1, -0.05) is 12.1 Å². The number of carbonyl (C=O) groups excluding carboxylic acids is 1. The fourth-order valence-electron chi connectivity index (χ4n) is 1.49. The Morgan fingerprint density at radius 1 is 1.22 bits per heavy atom. The van der Waals surface area contributed by atoms with Crippen LogP contribution in [0.15, 0.2) is 36.4 Å². The molecule has 0 aliphatic rings. The zero-order chi connectivity index (χ0) is 13.0. The number of nitrogens with one attached hydrogen (secondary N) is 1. The van der Waals surface area contributed by atoms with Crippen LogP contribution in [0.25, 0.3) is 0 Å². The van der Waals surface area contributed by atoms with Gasteiger partial charge in [0.25, 0.3) is 5.91 Å². The Labute approximate surface area is 104 Å². The summed E-state index contributed by atoms with van der Waals surface area (Å²) in [4.78, 5) is 19.4. The highest BCUT2D eigenvalue weighted by Gasteiger charge is 2.07. The normalized spacial score (nSPS) is 10.1. The van der Waals surface area contributed by atoms with Crippen LogP contribution in [0.4, 0.5) is 4.39 Å². The third kappa shape index (κ3) is 3.10. The number of aromatic nitrogens is 2. The molecule has 1 N–H and O–H groups in total. The molecule has 0 fully saturated rings. The molecule has 0 spiro atoms. The molecule has 0 unspecified atom stereocenters. The summed E-state index contributed by atoms with van der Waals surface area (Å²) < 4.78 is 12.8. The summed E-state index contributed by atoms with van der Waals surface area (Å²) in [5.41, 5.74) is 1.69. The van der Waals surface area contributed by atoms with E-state index in [1.165, 1.54) is 18.2 Å². The Morgan fingerprint density at radius 2 is 2.00 bits per heavy atom. The van der Waals surface area contributed by atoms with Gasteiger partial charge in [0.05, 0.1) is 12.2 Å². The molecule has 0 bridgehead atoms. The van der Waals surface area contributed by atoms with Crippen LogP contribution in [0.2, 0.25) is 0 Å². The first-order chi connectivity index (χ1) is 8.65. The number of halogens is 1. The van der Waals surface area contributed by atoms with E-state index in [1.807, 2.05) is 25.1 Å². The zero-order valence-electron chi connectivity index (χ0n) is 9.85. The number of nitrogens with zero attached hydrogens (tertiary/aromatic N) is 2. The molecular weight excluding hydrogens is 233 g/mol. The number of pyridine rings is 2. The highest BCUT2D eigenvalue weighted by Crippen LogP contribution is 2.00. The maximum atomic E-state index is 12.8. The summed E-state index contributed by atoms with van der Waals surface area (Å²) in [6, 6.07) is 9.65. The molecule has 5 heteroatoms. The second-order valence-electron chi connectivity index (χ2n) is 3.80. The summed E-state index contributed by atoms with van der Waals surface area (Å²) in [5.74, 6) is -1.09. The van der Waals surface area contributed by atoms with E-state index in [0.717, 1.165) is 11.4 Å². The second kappa shape index (κ2) is 5.35. The summed E-state index contributed by atoms with van der Waals surface area (Å²) in [6.45, 7) is 2.16. The molecule has 18 heavy (non-hydrogen) atoms. The lowest BCUT2D eigenvalue weighted by molar-refractivity contribution is 0.0944. The smallest absolute Gasteiger partial charge is 0.270 e. The molecule has 92 valence electrons. The molecule has 2 heterocycles. The fourth-order valence-corrected chi connectivity index (χ4v) is 1.49. The van der Waals surface area contributed by atoms with Crippen LogP contribution < -0.4 is 5.32 Å². The molecule has 0 radical (unpaired) electrons. The van der Waals surface area contributed by atoms with Gasteiger partial charge in [-0.15, -0.1) is 0 Å². The molecule has 0 aromatic carbocycles. The SMILES string of the molecule is Cc1cccc(CNC(=O)c2cccc(F)n2)n1. The van der Waals surface area contributed by atoms with Crippen molar-refractivity contribution in [3.8, 4) is 0 Å². The average Bonchev–Trinajstić information content (AvgIpc) is 2.36. The first-order valence-corrected chi connectivity index (χ1v) is 5.48. The van der Waals surface area contributed by atoms with E-state index in [2.05, 4.69) is 15.3 Å². The van der Waals surface area contributed by atoms with E-state index in [4.69, 9.17) is 0 Å². The predicted octanol–water partition coefficient (Wildman–Crippen LogP) is 1.85. The van der Waals surface area contributed by atoms with Crippen LogP contribution >= 0.6 is 0 Å². The summed E-state index contributed by atoms with van der Waals surface area (Å²) >= 11 is 0. The van der Waals surface area contributed by atoms with E-state index < -0.39 is 11.9 Å². The zero-order valence-corrected chi connectivity index (χ0v) is 9.85. The number of amides is 1. The fraction of sp³-hybridized carbons (Fsp3) is 0.154. The van der Waals surface area contributed by atoms with Gasteiger partial charge < -0.3 is 5.32 Å². The Hall–Kier alpha value is -2.30. The third-order valence-corrected chi connectivity index (χ3v) is 2.32. The predicted molar refractivity (Wildman–Crippen MR) is 64.3 cm³/mol. The van der Waals surface area contributed by atoms with E-state index >= 15 is 0 Å². The highest BCUT2D eigenvalue weighted by molar-refractivity contribution is 5.92. The van der Waals surface area contributed by atoms with Gasteiger partial charge in [0.2, 0.25) is 5.95 Å². The van der Waals surface area contributed by atoms with Crippen molar-refractivity contribution in [3.05, 3.63) is 59.4 Å². The third-order valence-electron chi connectivity index (χ3n) is 2.32. The minimum Gasteiger partial charge on any atom is -0.345 e. The molecule has 2 rings (SSSR count). The molecule has 0 aliphatic carbocycles. The van der Waals surface area contributed by atoms with Gasteiger partial charge in [0.15, 0.2) is 0 Å². The number of aryl methyl sites for hydroxylation is 1. The van der Waals surface area contributed by atoms with Gasteiger partial charge in [-0.05, 0) is 31.2 Å². The standard InChI is InChI=1S/C13H12FN3O/c1-9-4-2-5-10(16-9)8-15-13(18)11-6-3-7-12(14)17-11/h2-7H,8H2,1H3,(H,15,18). The lowest BCUT2D eigenvalue weighted by Crippen LogP contribution is -2.24. The van der Waals surface area contributed by atoms with Gasteiger partial charge >= 0.3 is 0 Å². The maximum Gasteiger partial charge on any atom is 0.270 e. The summed E-state index contributed by atoms with van der Waals surface area (Å²) in [6.07, 6.45) is 0. The Kier molecular flexibility index (Phi) is 3.62. The van der Waals surface area contributed by atoms with Crippen LogP contribution in [-0.2, 0) is 6.54 Å². The Bertz CT molecular complexity index is 572. The van der Waals surface area contributed by atoms with Crippen molar-refractivity contribution >= 4 is 5.91 Å². The van der Waals surface area contributed by atoms with Crippen LogP contribution in [0.1, 0.15) is 21.9 Å². The first kappa shape index (κ1) is 12.2. The second-order valence-corrected chi connectivity index (χ2v) is 3.80. The number of rotatable bonds is 3. The molecule has 0 atom stereocenters. The monoisotopic (exact) mass is 245 g/mol. The van der Waals surface area contributed by atoms with Crippen molar-refractivity contribution < 1.29 is 9.18 Å². The number of hydrogen-bond donors (Lipinski definition) is 1. The Balaban J connectivity index is 2.00. The van der Waals surface area contributed by atoms with Gasteiger partial charge in [0, 0.05) is 5.69 Å². The lowest BCUT2D eigenvalue weighted by Gasteiger charge is -2.04. The average molecular weight is 245 g/mol. The number of hydrogen-bond acceptors (Lipinski definition) is 3. The molecule has 4 nitrogen and oxygen atoms in total. The van der Waals surface area contributed by atoms with E-state index in [1.54, 1.807) is 0 Å².